The monoisotopic (exact) mass is 340 g/mol. The summed E-state index contributed by atoms with van der Waals surface area (Å²) >= 11 is 7.23. The molecular formula is C15H17ClN2O3S. The van der Waals surface area contributed by atoms with Crippen LogP contribution in [0.15, 0.2) is 36.4 Å². The van der Waals surface area contributed by atoms with Crippen LogP contribution >= 0.6 is 22.9 Å². The Hall–Kier alpha value is -1.76. The highest BCUT2D eigenvalue weighted by molar-refractivity contribution is 7.16. The third-order valence-electron chi connectivity index (χ3n) is 3.01. The van der Waals surface area contributed by atoms with E-state index >= 15 is 0 Å². The zero-order chi connectivity index (χ0) is 15.9. The first-order chi connectivity index (χ1) is 10.6. The Balaban J connectivity index is 1.74. The molecule has 0 aliphatic rings. The Morgan fingerprint density at radius 3 is 2.59 bits per heavy atom. The number of halogens is 1. The molecule has 1 aromatic carbocycles. The highest BCUT2D eigenvalue weighted by atomic mass is 35.5. The molecule has 0 bridgehead atoms. The first-order valence-corrected chi connectivity index (χ1v) is 7.86. The zero-order valence-corrected chi connectivity index (χ0v) is 13.6. The van der Waals surface area contributed by atoms with E-state index in [1.165, 1.54) is 11.3 Å². The summed E-state index contributed by atoms with van der Waals surface area (Å²) in [5.74, 6) is 0.719. The summed E-state index contributed by atoms with van der Waals surface area (Å²) in [6.07, 6.45) is -0.771. The number of carbonyl (C=O) groups excluding carboxylic acids is 1. The second-order valence-electron chi connectivity index (χ2n) is 4.56. The van der Waals surface area contributed by atoms with Crippen molar-refractivity contribution in [2.75, 3.05) is 13.7 Å². The van der Waals surface area contributed by atoms with Gasteiger partial charge in [0, 0.05) is 11.4 Å². The van der Waals surface area contributed by atoms with Crippen LogP contribution in [0.5, 0.6) is 5.75 Å². The molecule has 118 valence electrons. The van der Waals surface area contributed by atoms with Gasteiger partial charge in [-0.05, 0) is 29.8 Å². The van der Waals surface area contributed by atoms with E-state index in [4.69, 9.17) is 16.3 Å². The SMILES string of the molecule is COc1ccc(C(O)CNC(=O)NCc2ccc(Cl)s2)cc1. The molecule has 0 aliphatic carbocycles. The fourth-order valence-corrected chi connectivity index (χ4v) is 2.84. The number of aliphatic hydroxyl groups is 1. The molecule has 2 rings (SSSR count). The molecule has 3 N–H and O–H groups in total. The first-order valence-electron chi connectivity index (χ1n) is 6.66. The van der Waals surface area contributed by atoms with E-state index < -0.39 is 6.10 Å². The highest BCUT2D eigenvalue weighted by Crippen LogP contribution is 2.21. The molecule has 2 amide bonds. The predicted molar refractivity (Wildman–Crippen MR) is 87.5 cm³/mol. The smallest absolute Gasteiger partial charge is 0.315 e. The molecule has 0 fully saturated rings. The Morgan fingerprint density at radius 1 is 1.27 bits per heavy atom. The summed E-state index contributed by atoms with van der Waals surface area (Å²) in [7, 11) is 1.58. The lowest BCUT2D eigenvalue weighted by Crippen LogP contribution is -2.37. The second kappa shape index (κ2) is 8.03. The summed E-state index contributed by atoms with van der Waals surface area (Å²) in [4.78, 5) is 12.6. The Bertz CT molecular complexity index is 616. The Labute approximate surface area is 137 Å². The van der Waals surface area contributed by atoms with Crippen LogP contribution in [0.4, 0.5) is 4.79 Å². The average Bonchev–Trinajstić information content (AvgIpc) is 2.96. The van der Waals surface area contributed by atoms with Crippen molar-refractivity contribution < 1.29 is 14.6 Å². The van der Waals surface area contributed by atoms with Crippen LogP contribution in [0.25, 0.3) is 0 Å². The van der Waals surface area contributed by atoms with Crippen LogP contribution in [-0.4, -0.2) is 24.8 Å². The van der Waals surface area contributed by atoms with Crippen molar-refractivity contribution in [1.29, 1.82) is 0 Å². The topological polar surface area (TPSA) is 70.6 Å². The quantitative estimate of drug-likeness (QED) is 0.757. The lowest BCUT2D eigenvalue weighted by atomic mass is 10.1. The maximum atomic E-state index is 11.7. The Morgan fingerprint density at radius 2 is 2.00 bits per heavy atom. The maximum absolute atomic E-state index is 11.7. The van der Waals surface area contributed by atoms with Crippen molar-refractivity contribution in [3.8, 4) is 5.75 Å². The number of ether oxygens (including phenoxy) is 1. The molecule has 0 saturated heterocycles. The van der Waals surface area contributed by atoms with Crippen molar-refractivity contribution in [2.45, 2.75) is 12.6 Å². The largest absolute Gasteiger partial charge is 0.497 e. The standard InChI is InChI=1S/C15H17ClN2O3S/c1-21-11-4-2-10(3-5-11)13(19)9-18-15(20)17-8-12-6-7-14(16)22-12/h2-7,13,19H,8-9H2,1H3,(H2,17,18,20). The summed E-state index contributed by atoms with van der Waals surface area (Å²) in [6.45, 7) is 0.533. The number of aliphatic hydroxyl groups excluding tert-OH is 1. The minimum Gasteiger partial charge on any atom is -0.497 e. The number of hydrogen-bond donors (Lipinski definition) is 3. The second-order valence-corrected chi connectivity index (χ2v) is 6.36. The summed E-state index contributed by atoms with van der Waals surface area (Å²) in [6, 6.07) is 10.4. The number of hydrogen-bond acceptors (Lipinski definition) is 4. The first kappa shape index (κ1) is 16.6. The van der Waals surface area contributed by atoms with Crippen LogP contribution in [-0.2, 0) is 6.54 Å². The van der Waals surface area contributed by atoms with Crippen molar-refractivity contribution >= 4 is 29.0 Å². The van der Waals surface area contributed by atoms with Gasteiger partial charge in [0.25, 0.3) is 0 Å². The van der Waals surface area contributed by atoms with Gasteiger partial charge in [0.2, 0.25) is 0 Å². The molecule has 5 nitrogen and oxygen atoms in total. The normalized spacial score (nSPS) is 11.8. The van der Waals surface area contributed by atoms with Crippen LogP contribution in [0.2, 0.25) is 4.34 Å². The van der Waals surface area contributed by atoms with E-state index in [2.05, 4.69) is 10.6 Å². The van der Waals surface area contributed by atoms with Gasteiger partial charge in [-0.15, -0.1) is 11.3 Å². The highest BCUT2D eigenvalue weighted by Gasteiger charge is 2.09. The molecular weight excluding hydrogens is 324 g/mol. The average molecular weight is 341 g/mol. The maximum Gasteiger partial charge on any atom is 0.315 e. The molecule has 0 saturated carbocycles. The number of amides is 2. The van der Waals surface area contributed by atoms with Crippen LogP contribution in [0, 0.1) is 0 Å². The summed E-state index contributed by atoms with van der Waals surface area (Å²) in [5, 5.41) is 15.4. The van der Waals surface area contributed by atoms with E-state index in [-0.39, 0.29) is 12.6 Å². The third-order valence-corrected chi connectivity index (χ3v) is 4.24. The van der Waals surface area contributed by atoms with E-state index in [1.54, 1.807) is 37.4 Å². The van der Waals surface area contributed by atoms with Gasteiger partial charge in [0.15, 0.2) is 0 Å². The number of methoxy groups -OCH3 is 1. The minimum atomic E-state index is -0.771. The molecule has 1 atom stereocenters. The van der Waals surface area contributed by atoms with Gasteiger partial charge in [-0.25, -0.2) is 4.79 Å². The zero-order valence-electron chi connectivity index (χ0n) is 12.0. The predicted octanol–water partition coefficient (Wildman–Crippen LogP) is 2.94. The van der Waals surface area contributed by atoms with Gasteiger partial charge in [-0.1, -0.05) is 23.7 Å². The van der Waals surface area contributed by atoms with Crippen LogP contribution in [0.1, 0.15) is 16.5 Å². The van der Waals surface area contributed by atoms with Crippen molar-refractivity contribution in [2.24, 2.45) is 0 Å². The van der Waals surface area contributed by atoms with Crippen molar-refractivity contribution in [3.63, 3.8) is 0 Å². The molecule has 22 heavy (non-hydrogen) atoms. The van der Waals surface area contributed by atoms with Crippen molar-refractivity contribution in [1.82, 2.24) is 10.6 Å². The number of nitrogens with one attached hydrogen (secondary N) is 2. The molecule has 2 aromatic rings. The molecule has 0 radical (unpaired) electrons. The molecule has 1 heterocycles. The molecule has 1 aromatic heterocycles. The number of carbonyl (C=O) groups is 1. The molecule has 0 aliphatic heterocycles. The van der Waals surface area contributed by atoms with E-state index in [1.807, 2.05) is 6.07 Å². The van der Waals surface area contributed by atoms with Gasteiger partial charge in [-0.2, -0.15) is 0 Å². The molecule has 1 unspecified atom stereocenters. The van der Waals surface area contributed by atoms with Crippen molar-refractivity contribution in [3.05, 3.63) is 51.2 Å². The number of thiophene rings is 1. The van der Waals surface area contributed by atoms with Crippen LogP contribution in [0.3, 0.4) is 0 Å². The lowest BCUT2D eigenvalue weighted by molar-refractivity contribution is 0.173. The fourth-order valence-electron chi connectivity index (χ4n) is 1.81. The van der Waals surface area contributed by atoms with Gasteiger partial charge in [0.05, 0.1) is 24.1 Å². The fraction of sp³-hybridized carbons (Fsp3) is 0.267. The van der Waals surface area contributed by atoms with Gasteiger partial charge < -0.3 is 20.5 Å². The summed E-state index contributed by atoms with van der Waals surface area (Å²) in [5.41, 5.74) is 0.714. The van der Waals surface area contributed by atoms with E-state index in [0.717, 1.165) is 10.6 Å². The van der Waals surface area contributed by atoms with Gasteiger partial charge in [-0.3, -0.25) is 0 Å². The number of benzene rings is 1. The van der Waals surface area contributed by atoms with Crippen LogP contribution < -0.4 is 15.4 Å². The van der Waals surface area contributed by atoms with E-state index in [0.29, 0.717) is 16.4 Å². The minimum absolute atomic E-state index is 0.128. The number of urea groups is 1. The third kappa shape index (κ3) is 4.91. The molecule has 0 spiro atoms. The van der Waals surface area contributed by atoms with Gasteiger partial charge >= 0.3 is 6.03 Å². The number of rotatable bonds is 6. The lowest BCUT2D eigenvalue weighted by Gasteiger charge is -2.13. The summed E-state index contributed by atoms with van der Waals surface area (Å²) < 4.78 is 5.74. The Kier molecular flexibility index (Phi) is 6.06. The van der Waals surface area contributed by atoms with Gasteiger partial charge in [0.1, 0.15) is 5.75 Å². The molecule has 7 heteroatoms. The van der Waals surface area contributed by atoms with E-state index in [9.17, 15) is 9.90 Å².